The summed E-state index contributed by atoms with van der Waals surface area (Å²) in [5, 5.41) is 0. The van der Waals surface area contributed by atoms with Crippen LogP contribution in [0.4, 0.5) is 0 Å². The van der Waals surface area contributed by atoms with Crippen LogP contribution in [-0.2, 0) is 14.4 Å². The van der Waals surface area contributed by atoms with Crippen LogP contribution in [0.25, 0.3) is 0 Å². The van der Waals surface area contributed by atoms with E-state index in [1.165, 1.54) is 0 Å². The molecule has 0 N–H and O–H groups in total. The maximum Gasteiger partial charge on any atom is 0.155 e. The summed E-state index contributed by atoms with van der Waals surface area (Å²) in [6, 6.07) is 0. The summed E-state index contributed by atoms with van der Waals surface area (Å²) >= 11 is 0. The molecule has 0 aromatic carbocycles. The van der Waals surface area contributed by atoms with Crippen molar-refractivity contribution in [2.75, 3.05) is 0 Å². The summed E-state index contributed by atoms with van der Waals surface area (Å²) in [6.07, 6.45) is 8.34. The first-order chi connectivity index (χ1) is 10.4. The Morgan fingerprint density at radius 2 is 1.86 bits per heavy atom. The third-order valence-corrected chi connectivity index (χ3v) is 7.45. The number of allylic oxidation sites excluding steroid dienone is 2. The van der Waals surface area contributed by atoms with Gasteiger partial charge in [0.05, 0.1) is 0 Å². The fraction of sp³-hybridized carbons (Fsp3) is 0.737. The van der Waals surface area contributed by atoms with Gasteiger partial charge < -0.3 is 0 Å². The Morgan fingerprint density at radius 3 is 2.64 bits per heavy atom. The molecule has 22 heavy (non-hydrogen) atoms. The first-order valence-corrected chi connectivity index (χ1v) is 8.64. The van der Waals surface area contributed by atoms with Gasteiger partial charge in [0, 0.05) is 30.6 Å². The van der Waals surface area contributed by atoms with Crippen LogP contribution < -0.4 is 0 Å². The van der Waals surface area contributed by atoms with E-state index in [1.807, 2.05) is 13.0 Å². The molecule has 0 heterocycles. The van der Waals surface area contributed by atoms with Crippen LogP contribution >= 0.6 is 0 Å². The zero-order valence-corrected chi connectivity index (χ0v) is 13.4. The van der Waals surface area contributed by atoms with E-state index in [0.717, 1.165) is 19.3 Å². The zero-order valence-electron chi connectivity index (χ0n) is 13.4. The van der Waals surface area contributed by atoms with Gasteiger partial charge in [-0.25, -0.2) is 0 Å². The summed E-state index contributed by atoms with van der Waals surface area (Å²) in [5.74, 6) is 1.78. The molecule has 4 aliphatic carbocycles. The normalized spacial score (nSPS) is 50.5. The van der Waals surface area contributed by atoms with E-state index in [4.69, 9.17) is 0 Å². The molecule has 4 aliphatic rings. The summed E-state index contributed by atoms with van der Waals surface area (Å²) in [5.41, 5.74) is -0.587. The Labute approximate surface area is 131 Å². The van der Waals surface area contributed by atoms with Crippen molar-refractivity contribution in [1.29, 1.82) is 0 Å². The zero-order chi connectivity index (χ0) is 15.7. The molecule has 3 saturated carbocycles. The number of fused-ring (bicyclic) bond motifs is 5. The maximum absolute atomic E-state index is 13.0. The van der Waals surface area contributed by atoms with E-state index in [1.54, 1.807) is 6.08 Å². The smallest absolute Gasteiger partial charge is 0.155 e. The predicted octanol–water partition coefficient (Wildman–Crippen LogP) is 3.12. The highest BCUT2D eigenvalue weighted by Crippen LogP contribution is 2.63. The molecule has 6 atom stereocenters. The number of hydrogen-bond acceptors (Lipinski definition) is 3. The van der Waals surface area contributed by atoms with Crippen LogP contribution in [-0.4, -0.2) is 17.3 Å². The topological polar surface area (TPSA) is 51.2 Å². The minimum absolute atomic E-state index is 0.0135. The van der Waals surface area contributed by atoms with Gasteiger partial charge in [-0.05, 0) is 48.5 Å². The standard InChI is InChI=1S/C19H24O3/c1-18-8-7-12(20)9-11(18)3-4-13-14-5-6-16(22)19(14,2)10-15(21)17(13)18/h7-8,11,13-14,17H,3-6,9-10H2,1-2H3/t11-,13+,14-,17+,18-,19+/m0/s1. The number of ketones is 3. The Morgan fingerprint density at radius 1 is 1.09 bits per heavy atom. The van der Waals surface area contributed by atoms with Crippen molar-refractivity contribution in [3.05, 3.63) is 12.2 Å². The molecule has 0 aromatic heterocycles. The van der Waals surface area contributed by atoms with Crippen molar-refractivity contribution >= 4 is 17.3 Å². The third-order valence-electron chi connectivity index (χ3n) is 7.45. The SMILES string of the molecule is C[C@]12C=CC(=O)C[C@@H]1CC[C@H]1[C@@H]2C(=O)C[C@@]2(C)C(=O)CC[C@@H]12. The summed E-state index contributed by atoms with van der Waals surface area (Å²) < 4.78 is 0. The van der Waals surface area contributed by atoms with Gasteiger partial charge in [-0.1, -0.05) is 19.9 Å². The van der Waals surface area contributed by atoms with Crippen molar-refractivity contribution < 1.29 is 14.4 Å². The summed E-state index contributed by atoms with van der Waals surface area (Å²) in [6.45, 7) is 4.20. The van der Waals surface area contributed by atoms with E-state index in [-0.39, 0.29) is 22.9 Å². The second kappa shape index (κ2) is 4.39. The summed E-state index contributed by atoms with van der Waals surface area (Å²) in [7, 11) is 0. The lowest BCUT2D eigenvalue weighted by Gasteiger charge is -2.56. The monoisotopic (exact) mass is 300 g/mol. The minimum atomic E-state index is -0.407. The van der Waals surface area contributed by atoms with Crippen LogP contribution in [0, 0.1) is 34.5 Å². The average molecular weight is 300 g/mol. The fourth-order valence-electron chi connectivity index (χ4n) is 6.24. The summed E-state index contributed by atoms with van der Waals surface area (Å²) in [4.78, 5) is 37.1. The molecule has 0 saturated heterocycles. The molecule has 0 radical (unpaired) electrons. The molecule has 3 heteroatoms. The second-order valence-corrected chi connectivity index (χ2v) is 8.41. The predicted molar refractivity (Wildman–Crippen MR) is 82.0 cm³/mol. The molecule has 0 spiro atoms. The lowest BCUT2D eigenvalue weighted by molar-refractivity contribution is -0.154. The first-order valence-electron chi connectivity index (χ1n) is 8.64. The van der Waals surface area contributed by atoms with Crippen molar-refractivity contribution in [2.45, 2.75) is 52.4 Å². The lowest BCUT2D eigenvalue weighted by Crippen LogP contribution is -2.56. The van der Waals surface area contributed by atoms with E-state index < -0.39 is 5.41 Å². The van der Waals surface area contributed by atoms with Crippen molar-refractivity contribution in [2.24, 2.45) is 34.5 Å². The Hall–Kier alpha value is -1.25. The van der Waals surface area contributed by atoms with Gasteiger partial charge >= 0.3 is 0 Å². The van der Waals surface area contributed by atoms with Gasteiger partial charge in [0.15, 0.2) is 5.78 Å². The highest BCUT2D eigenvalue weighted by Gasteiger charge is 2.62. The molecular weight excluding hydrogens is 276 g/mol. The van der Waals surface area contributed by atoms with Crippen LogP contribution in [0.2, 0.25) is 0 Å². The molecule has 118 valence electrons. The molecule has 4 rings (SSSR count). The molecule has 0 amide bonds. The molecule has 3 fully saturated rings. The average Bonchev–Trinajstić information content (AvgIpc) is 2.75. The molecule has 0 unspecified atom stereocenters. The largest absolute Gasteiger partial charge is 0.299 e. The third kappa shape index (κ3) is 1.65. The molecular formula is C19H24O3. The number of carbonyl (C=O) groups excluding carboxylic acids is 3. The molecule has 3 nitrogen and oxygen atoms in total. The Bertz CT molecular complexity index is 604. The van der Waals surface area contributed by atoms with Gasteiger partial charge in [0.1, 0.15) is 11.6 Å². The van der Waals surface area contributed by atoms with Gasteiger partial charge in [0.25, 0.3) is 0 Å². The van der Waals surface area contributed by atoms with Crippen molar-refractivity contribution in [3.63, 3.8) is 0 Å². The van der Waals surface area contributed by atoms with Crippen LogP contribution in [0.15, 0.2) is 12.2 Å². The van der Waals surface area contributed by atoms with Crippen molar-refractivity contribution in [1.82, 2.24) is 0 Å². The number of carbonyl (C=O) groups is 3. The van der Waals surface area contributed by atoms with Crippen LogP contribution in [0.5, 0.6) is 0 Å². The van der Waals surface area contributed by atoms with E-state index in [0.29, 0.717) is 42.8 Å². The van der Waals surface area contributed by atoms with E-state index in [2.05, 4.69) is 6.92 Å². The Balaban J connectivity index is 1.77. The first kappa shape index (κ1) is 14.3. The maximum atomic E-state index is 13.0. The molecule has 0 aromatic rings. The van der Waals surface area contributed by atoms with E-state index >= 15 is 0 Å². The van der Waals surface area contributed by atoms with Gasteiger partial charge in [-0.2, -0.15) is 0 Å². The molecule has 0 aliphatic heterocycles. The molecule has 0 bridgehead atoms. The highest BCUT2D eigenvalue weighted by molar-refractivity contribution is 5.96. The second-order valence-electron chi connectivity index (χ2n) is 8.41. The number of Topliss-reactive ketones (excluding diaryl/α,β-unsaturated/α-hetero) is 2. The highest BCUT2D eigenvalue weighted by atomic mass is 16.1. The van der Waals surface area contributed by atoms with E-state index in [9.17, 15) is 14.4 Å². The van der Waals surface area contributed by atoms with Crippen molar-refractivity contribution in [3.8, 4) is 0 Å². The quantitative estimate of drug-likeness (QED) is 0.690. The number of hydrogen-bond donors (Lipinski definition) is 0. The van der Waals surface area contributed by atoms with Gasteiger partial charge in [-0.15, -0.1) is 0 Å². The van der Waals surface area contributed by atoms with Gasteiger partial charge in [-0.3, -0.25) is 14.4 Å². The van der Waals surface area contributed by atoms with Gasteiger partial charge in [0.2, 0.25) is 0 Å². The fourth-order valence-corrected chi connectivity index (χ4v) is 6.24. The minimum Gasteiger partial charge on any atom is -0.299 e. The lowest BCUT2D eigenvalue weighted by atomic mass is 9.46. The van der Waals surface area contributed by atoms with Crippen LogP contribution in [0.3, 0.4) is 0 Å². The van der Waals surface area contributed by atoms with Crippen LogP contribution in [0.1, 0.15) is 52.4 Å². The Kier molecular flexibility index (Phi) is 2.87. The number of rotatable bonds is 0.